The van der Waals surface area contributed by atoms with Crippen LogP contribution in [0.3, 0.4) is 0 Å². The summed E-state index contributed by atoms with van der Waals surface area (Å²) in [4.78, 5) is 12.4. The summed E-state index contributed by atoms with van der Waals surface area (Å²) in [6.45, 7) is 6.05. The number of phenols is 1. The summed E-state index contributed by atoms with van der Waals surface area (Å²) in [6.07, 6.45) is 1.58. The van der Waals surface area contributed by atoms with E-state index >= 15 is 0 Å². The van der Waals surface area contributed by atoms with Crippen molar-refractivity contribution in [2.75, 3.05) is 0 Å². The number of carbonyl (C=O) groups is 1. The lowest BCUT2D eigenvalue weighted by molar-refractivity contribution is 0.103. The first-order chi connectivity index (χ1) is 8.39. The standard InChI is InChI=1S/C14H15NO2S/c1-14(2,3)12-6-10(16)4-5-11(12)13(17)9-7-15-18-8-9/h4-8,16H,1-3H3. The van der Waals surface area contributed by atoms with Crippen LogP contribution < -0.4 is 0 Å². The number of rotatable bonds is 2. The molecule has 0 amide bonds. The number of aromatic nitrogens is 1. The third kappa shape index (κ3) is 2.43. The Morgan fingerprint density at radius 1 is 1.33 bits per heavy atom. The molecule has 3 nitrogen and oxygen atoms in total. The van der Waals surface area contributed by atoms with E-state index in [1.54, 1.807) is 29.8 Å². The SMILES string of the molecule is CC(C)(C)c1cc(O)ccc1C(=O)c1cnsc1. The fraction of sp³-hybridized carbons (Fsp3) is 0.286. The maximum Gasteiger partial charge on any atom is 0.195 e. The van der Waals surface area contributed by atoms with Crippen LogP contribution in [0.2, 0.25) is 0 Å². The Labute approximate surface area is 110 Å². The van der Waals surface area contributed by atoms with E-state index in [1.165, 1.54) is 11.5 Å². The molecule has 18 heavy (non-hydrogen) atoms. The van der Waals surface area contributed by atoms with Gasteiger partial charge in [0.2, 0.25) is 0 Å². The van der Waals surface area contributed by atoms with E-state index < -0.39 is 0 Å². The van der Waals surface area contributed by atoms with Crippen molar-refractivity contribution in [2.45, 2.75) is 26.2 Å². The molecule has 0 aliphatic carbocycles. The maximum atomic E-state index is 12.4. The molecule has 0 atom stereocenters. The zero-order chi connectivity index (χ0) is 13.3. The highest BCUT2D eigenvalue weighted by atomic mass is 32.1. The van der Waals surface area contributed by atoms with E-state index in [-0.39, 0.29) is 16.9 Å². The van der Waals surface area contributed by atoms with E-state index in [9.17, 15) is 9.90 Å². The van der Waals surface area contributed by atoms with Crippen LogP contribution in [0.1, 0.15) is 42.3 Å². The van der Waals surface area contributed by atoms with E-state index in [4.69, 9.17) is 0 Å². The molecule has 1 heterocycles. The molecule has 0 radical (unpaired) electrons. The van der Waals surface area contributed by atoms with Crippen molar-refractivity contribution < 1.29 is 9.90 Å². The topological polar surface area (TPSA) is 50.2 Å². The van der Waals surface area contributed by atoms with Gasteiger partial charge in [-0.2, -0.15) is 0 Å². The first kappa shape index (κ1) is 12.8. The van der Waals surface area contributed by atoms with Gasteiger partial charge in [-0.25, -0.2) is 4.37 Å². The Morgan fingerprint density at radius 2 is 2.06 bits per heavy atom. The summed E-state index contributed by atoms with van der Waals surface area (Å²) in [5, 5.41) is 11.3. The second kappa shape index (κ2) is 4.53. The highest BCUT2D eigenvalue weighted by Crippen LogP contribution is 2.30. The Kier molecular flexibility index (Phi) is 3.22. The van der Waals surface area contributed by atoms with Gasteiger partial charge in [0, 0.05) is 10.9 Å². The van der Waals surface area contributed by atoms with Crippen LogP contribution in [-0.4, -0.2) is 15.3 Å². The minimum Gasteiger partial charge on any atom is -0.508 e. The lowest BCUT2D eigenvalue weighted by Gasteiger charge is -2.22. The van der Waals surface area contributed by atoms with Crippen LogP contribution in [0.5, 0.6) is 5.75 Å². The van der Waals surface area contributed by atoms with Crippen LogP contribution in [-0.2, 0) is 5.41 Å². The molecule has 0 spiro atoms. The Balaban J connectivity index is 2.55. The summed E-state index contributed by atoms with van der Waals surface area (Å²) in [6, 6.07) is 4.88. The molecule has 2 rings (SSSR count). The predicted octanol–water partition coefficient (Wildman–Crippen LogP) is 3.38. The van der Waals surface area contributed by atoms with Crippen molar-refractivity contribution in [3.63, 3.8) is 0 Å². The summed E-state index contributed by atoms with van der Waals surface area (Å²) < 4.78 is 3.95. The fourth-order valence-electron chi connectivity index (χ4n) is 1.82. The summed E-state index contributed by atoms with van der Waals surface area (Å²) in [5.74, 6) is 0.133. The molecule has 0 saturated heterocycles. The molecule has 0 aliphatic rings. The number of nitrogens with zero attached hydrogens (tertiary/aromatic N) is 1. The van der Waals surface area contributed by atoms with Crippen molar-refractivity contribution in [3.8, 4) is 5.75 Å². The smallest absolute Gasteiger partial charge is 0.195 e. The highest BCUT2D eigenvalue weighted by Gasteiger charge is 2.23. The maximum absolute atomic E-state index is 12.4. The largest absolute Gasteiger partial charge is 0.508 e. The van der Waals surface area contributed by atoms with Gasteiger partial charge < -0.3 is 5.11 Å². The molecular formula is C14H15NO2S. The van der Waals surface area contributed by atoms with Gasteiger partial charge in [0.15, 0.2) is 5.78 Å². The molecule has 4 heteroatoms. The second-order valence-corrected chi connectivity index (χ2v) is 5.88. The number of aromatic hydroxyl groups is 1. The minimum absolute atomic E-state index is 0.0475. The van der Waals surface area contributed by atoms with Crippen molar-refractivity contribution in [1.29, 1.82) is 0 Å². The molecule has 1 N–H and O–H groups in total. The minimum atomic E-state index is -0.201. The van der Waals surface area contributed by atoms with Crippen molar-refractivity contribution >= 4 is 17.3 Å². The molecule has 94 valence electrons. The lowest BCUT2D eigenvalue weighted by Crippen LogP contribution is -2.17. The summed E-state index contributed by atoms with van der Waals surface area (Å²) in [7, 11) is 0. The Hall–Kier alpha value is -1.68. The van der Waals surface area contributed by atoms with E-state index in [2.05, 4.69) is 4.37 Å². The molecule has 0 aliphatic heterocycles. The average Bonchev–Trinajstić information content (AvgIpc) is 2.80. The number of benzene rings is 1. The fourth-order valence-corrected chi connectivity index (χ4v) is 2.34. The molecular weight excluding hydrogens is 246 g/mol. The Bertz CT molecular complexity index is 568. The molecule has 0 unspecified atom stereocenters. The average molecular weight is 261 g/mol. The number of hydrogen-bond donors (Lipinski definition) is 1. The number of phenolic OH excluding ortho intramolecular Hbond substituents is 1. The monoisotopic (exact) mass is 261 g/mol. The van der Waals surface area contributed by atoms with Crippen LogP contribution in [0.4, 0.5) is 0 Å². The van der Waals surface area contributed by atoms with Crippen molar-refractivity contribution in [1.82, 2.24) is 4.37 Å². The Morgan fingerprint density at radius 3 is 2.61 bits per heavy atom. The zero-order valence-corrected chi connectivity index (χ0v) is 11.4. The molecule has 1 aromatic carbocycles. The quantitative estimate of drug-likeness (QED) is 0.843. The lowest BCUT2D eigenvalue weighted by atomic mass is 9.82. The number of carbonyl (C=O) groups excluding carboxylic acids is 1. The molecule has 0 fully saturated rings. The van der Waals surface area contributed by atoms with E-state index in [0.29, 0.717) is 11.1 Å². The van der Waals surface area contributed by atoms with Crippen LogP contribution in [0.15, 0.2) is 29.8 Å². The molecule has 0 saturated carbocycles. The molecule has 1 aromatic heterocycles. The van der Waals surface area contributed by atoms with Gasteiger partial charge in [-0.1, -0.05) is 20.8 Å². The van der Waals surface area contributed by atoms with E-state index in [0.717, 1.165) is 5.56 Å². The molecule has 2 aromatic rings. The van der Waals surface area contributed by atoms with Crippen LogP contribution >= 0.6 is 11.5 Å². The van der Waals surface area contributed by atoms with Gasteiger partial charge in [-0.05, 0) is 40.7 Å². The third-order valence-electron chi connectivity index (χ3n) is 2.75. The summed E-state index contributed by atoms with van der Waals surface area (Å²) >= 11 is 1.26. The van der Waals surface area contributed by atoms with Crippen molar-refractivity contribution in [3.05, 3.63) is 46.5 Å². The normalized spacial score (nSPS) is 11.5. The van der Waals surface area contributed by atoms with Gasteiger partial charge in [-0.3, -0.25) is 4.79 Å². The second-order valence-electron chi connectivity index (χ2n) is 5.22. The van der Waals surface area contributed by atoms with Gasteiger partial charge in [-0.15, -0.1) is 0 Å². The highest BCUT2D eigenvalue weighted by molar-refractivity contribution is 7.03. The van der Waals surface area contributed by atoms with Crippen LogP contribution in [0.25, 0.3) is 0 Å². The van der Waals surface area contributed by atoms with Gasteiger partial charge >= 0.3 is 0 Å². The number of ketones is 1. The van der Waals surface area contributed by atoms with Crippen molar-refractivity contribution in [2.24, 2.45) is 0 Å². The molecule has 0 bridgehead atoms. The predicted molar refractivity (Wildman–Crippen MR) is 72.4 cm³/mol. The third-order valence-corrected chi connectivity index (χ3v) is 3.34. The first-order valence-corrected chi connectivity index (χ1v) is 6.51. The van der Waals surface area contributed by atoms with Crippen LogP contribution in [0, 0.1) is 0 Å². The van der Waals surface area contributed by atoms with Gasteiger partial charge in [0.1, 0.15) is 5.75 Å². The summed E-state index contributed by atoms with van der Waals surface area (Å²) in [5.41, 5.74) is 1.86. The zero-order valence-electron chi connectivity index (χ0n) is 10.6. The van der Waals surface area contributed by atoms with Gasteiger partial charge in [0.05, 0.1) is 11.8 Å². The van der Waals surface area contributed by atoms with Gasteiger partial charge in [0.25, 0.3) is 0 Å². The number of hydrogen-bond acceptors (Lipinski definition) is 4. The van der Waals surface area contributed by atoms with E-state index in [1.807, 2.05) is 20.8 Å². The first-order valence-electron chi connectivity index (χ1n) is 5.67.